The molecule has 0 bridgehead atoms. The smallest absolute Gasteiger partial charge is 0.191 e. The molecule has 1 aromatic rings. The predicted molar refractivity (Wildman–Crippen MR) is 117 cm³/mol. The zero-order valence-electron chi connectivity index (χ0n) is 15.4. The zero-order valence-corrected chi connectivity index (χ0v) is 19.3. The fourth-order valence-electron chi connectivity index (χ4n) is 2.04. The molecular weight excluding hydrogens is 473 g/mol. The van der Waals surface area contributed by atoms with Gasteiger partial charge in [0.2, 0.25) is 0 Å². The van der Waals surface area contributed by atoms with Crippen molar-refractivity contribution in [2.24, 2.45) is 4.99 Å². The van der Waals surface area contributed by atoms with E-state index in [4.69, 9.17) is 4.74 Å². The Morgan fingerprint density at radius 2 is 2.08 bits per heavy atom. The summed E-state index contributed by atoms with van der Waals surface area (Å²) in [5.41, 5.74) is 0. The summed E-state index contributed by atoms with van der Waals surface area (Å²) in [6.07, 6.45) is 2.16. The highest BCUT2D eigenvalue weighted by molar-refractivity contribution is 14.0. The second-order valence-electron chi connectivity index (χ2n) is 5.76. The Balaban J connectivity index is 0.00000576. The van der Waals surface area contributed by atoms with Crippen molar-refractivity contribution in [3.05, 3.63) is 21.9 Å². The standard InChI is InChI=1S/C16H29N3O3S2.HI/c1-5-17-16(18-8-9-22-10-11-24(4,20)21)19-13(2)12-15-7-6-14(3)23-15;/h6-7,13H,5,8-12H2,1-4H3,(H2,17,18,19);1H. The van der Waals surface area contributed by atoms with Gasteiger partial charge in [-0.25, -0.2) is 8.42 Å². The van der Waals surface area contributed by atoms with Gasteiger partial charge in [0.15, 0.2) is 5.96 Å². The molecule has 0 spiro atoms. The van der Waals surface area contributed by atoms with E-state index in [9.17, 15) is 8.42 Å². The van der Waals surface area contributed by atoms with Crippen molar-refractivity contribution in [1.29, 1.82) is 0 Å². The maximum Gasteiger partial charge on any atom is 0.191 e. The average Bonchev–Trinajstić information content (AvgIpc) is 2.86. The normalized spacial score (nSPS) is 13.2. The van der Waals surface area contributed by atoms with Crippen molar-refractivity contribution >= 4 is 51.1 Å². The van der Waals surface area contributed by atoms with Crippen LogP contribution in [0.4, 0.5) is 0 Å². The Hall–Kier alpha value is -0.390. The van der Waals surface area contributed by atoms with Crippen LogP contribution in [-0.2, 0) is 21.0 Å². The number of halogens is 1. The van der Waals surface area contributed by atoms with E-state index in [0.29, 0.717) is 13.2 Å². The Morgan fingerprint density at radius 1 is 1.36 bits per heavy atom. The molecule has 146 valence electrons. The van der Waals surface area contributed by atoms with E-state index < -0.39 is 9.84 Å². The highest BCUT2D eigenvalue weighted by atomic mass is 127. The highest BCUT2D eigenvalue weighted by Crippen LogP contribution is 2.16. The van der Waals surface area contributed by atoms with E-state index in [1.54, 1.807) is 0 Å². The molecule has 1 rings (SSSR count). The number of aliphatic imine (C=N–C) groups is 1. The van der Waals surface area contributed by atoms with Gasteiger partial charge >= 0.3 is 0 Å². The molecule has 0 radical (unpaired) electrons. The van der Waals surface area contributed by atoms with E-state index in [1.807, 2.05) is 18.3 Å². The summed E-state index contributed by atoms with van der Waals surface area (Å²) in [6, 6.07) is 4.57. The summed E-state index contributed by atoms with van der Waals surface area (Å²) >= 11 is 1.82. The molecule has 1 atom stereocenters. The number of aryl methyl sites for hydroxylation is 1. The van der Waals surface area contributed by atoms with Crippen LogP contribution in [0.15, 0.2) is 17.1 Å². The molecule has 0 aliphatic carbocycles. The molecule has 0 aliphatic rings. The average molecular weight is 503 g/mol. The number of nitrogens with one attached hydrogen (secondary N) is 2. The van der Waals surface area contributed by atoms with E-state index in [1.165, 1.54) is 16.0 Å². The number of ether oxygens (including phenoxy) is 1. The third-order valence-corrected chi connectivity index (χ3v) is 5.07. The minimum absolute atomic E-state index is 0. The number of sulfone groups is 1. The molecular formula is C16H30IN3O3S2. The van der Waals surface area contributed by atoms with Gasteiger partial charge in [-0.2, -0.15) is 0 Å². The van der Waals surface area contributed by atoms with Gasteiger partial charge in [-0.1, -0.05) is 0 Å². The third-order valence-electron chi connectivity index (χ3n) is 3.13. The van der Waals surface area contributed by atoms with E-state index in [2.05, 4.69) is 41.6 Å². The van der Waals surface area contributed by atoms with Crippen LogP contribution in [0.2, 0.25) is 0 Å². The predicted octanol–water partition coefficient (Wildman–Crippen LogP) is 2.22. The van der Waals surface area contributed by atoms with E-state index >= 15 is 0 Å². The molecule has 25 heavy (non-hydrogen) atoms. The fraction of sp³-hybridized carbons (Fsp3) is 0.688. The van der Waals surface area contributed by atoms with Gasteiger partial charge in [-0.05, 0) is 32.9 Å². The van der Waals surface area contributed by atoms with Crippen LogP contribution < -0.4 is 10.6 Å². The van der Waals surface area contributed by atoms with E-state index in [-0.39, 0.29) is 42.4 Å². The summed E-state index contributed by atoms with van der Waals surface area (Å²) in [6.45, 7) is 8.16. The van der Waals surface area contributed by atoms with E-state index in [0.717, 1.165) is 18.9 Å². The van der Waals surface area contributed by atoms with Crippen LogP contribution in [0.1, 0.15) is 23.6 Å². The number of guanidine groups is 1. The first-order valence-electron chi connectivity index (χ1n) is 8.15. The topological polar surface area (TPSA) is 79.8 Å². The molecule has 0 amide bonds. The third kappa shape index (κ3) is 12.6. The van der Waals surface area contributed by atoms with Crippen molar-refractivity contribution in [1.82, 2.24) is 10.6 Å². The first kappa shape index (κ1) is 24.6. The molecule has 6 nitrogen and oxygen atoms in total. The summed E-state index contributed by atoms with van der Waals surface area (Å²) in [5, 5.41) is 6.60. The number of nitrogens with zero attached hydrogens (tertiary/aromatic N) is 1. The molecule has 0 fully saturated rings. The quantitative estimate of drug-likeness (QED) is 0.222. The van der Waals surface area contributed by atoms with Gasteiger partial charge in [-0.15, -0.1) is 35.3 Å². The van der Waals surface area contributed by atoms with Crippen molar-refractivity contribution < 1.29 is 13.2 Å². The van der Waals surface area contributed by atoms with Crippen LogP contribution in [-0.4, -0.2) is 58.7 Å². The van der Waals surface area contributed by atoms with Crippen molar-refractivity contribution in [3.63, 3.8) is 0 Å². The van der Waals surface area contributed by atoms with Gasteiger partial charge in [0.05, 0.1) is 25.5 Å². The minimum Gasteiger partial charge on any atom is -0.378 e. The summed E-state index contributed by atoms with van der Waals surface area (Å²) in [4.78, 5) is 7.13. The molecule has 0 saturated heterocycles. The Morgan fingerprint density at radius 3 is 2.64 bits per heavy atom. The maximum absolute atomic E-state index is 11.0. The van der Waals surface area contributed by atoms with Crippen LogP contribution in [0.25, 0.3) is 0 Å². The van der Waals surface area contributed by atoms with Gasteiger partial charge < -0.3 is 15.4 Å². The van der Waals surface area contributed by atoms with Gasteiger partial charge in [0.1, 0.15) is 9.84 Å². The molecule has 1 aromatic heterocycles. The van der Waals surface area contributed by atoms with Gasteiger partial charge in [0.25, 0.3) is 0 Å². The van der Waals surface area contributed by atoms with Crippen LogP contribution >= 0.6 is 35.3 Å². The summed E-state index contributed by atoms with van der Waals surface area (Å²) < 4.78 is 27.3. The molecule has 9 heteroatoms. The lowest BCUT2D eigenvalue weighted by Gasteiger charge is -2.17. The maximum atomic E-state index is 11.0. The first-order valence-corrected chi connectivity index (χ1v) is 11.0. The van der Waals surface area contributed by atoms with Crippen LogP contribution in [0.3, 0.4) is 0 Å². The largest absolute Gasteiger partial charge is 0.378 e. The Labute approximate surface area is 172 Å². The van der Waals surface area contributed by atoms with Crippen molar-refractivity contribution in [3.8, 4) is 0 Å². The fourth-order valence-corrected chi connectivity index (χ4v) is 3.48. The molecule has 0 aliphatic heterocycles. The number of hydrogen-bond donors (Lipinski definition) is 2. The molecule has 0 saturated carbocycles. The first-order chi connectivity index (χ1) is 11.3. The molecule has 2 N–H and O–H groups in total. The van der Waals surface area contributed by atoms with Crippen LogP contribution in [0.5, 0.6) is 0 Å². The molecule has 1 heterocycles. The summed E-state index contributed by atoms with van der Waals surface area (Å²) in [7, 11) is -2.96. The second kappa shape index (κ2) is 12.9. The van der Waals surface area contributed by atoms with Gasteiger partial charge in [-0.3, -0.25) is 4.99 Å². The number of hydrogen-bond acceptors (Lipinski definition) is 5. The second-order valence-corrected chi connectivity index (χ2v) is 9.40. The van der Waals surface area contributed by atoms with Crippen LogP contribution in [0, 0.1) is 6.92 Å². The van der Waals surface area contributed by atoms with Gasteiger partial charge in [0, 0.05) is 35.0 Å². The Bertz CT molecular complexity index is 618. The number of rotatable bonds is 10. The lowest BCUT2D eigenvalue weighted by atomic mass is 10.2. The SMILES string of the molecule is CCNC(=NCCOCCS(C)(=O)=O)NC(C)Cc1ccc(C)s1.I. The summed E-state index contributed by atoms with van der Waals surface area (Å²) in [5.74, 6) is 0.803. The lowest BCUT2D eigenvalue weighted by molar-refractivity contribution is 0.157. The molecule has 1 unspecified atom stereocenters. The lowest BCUT2D eigenvalue weighted by Crippen LogP contribution is -2.43. The van der Waals surface area contributed by atoms with Crippen molar-refractivity contribution in [2.75, 3.05) is 38.3 Å². The number of thiophene rings is 1. The van der Waals surface area contributed by atoms with Crippen molar-refractivity contribution in [2.45, 2.75) is 33.2 Å². The Kier molecular flexibility index (Phi) is 12.7. The zero-order chi connectivity index (χ0) is 18.0. The molecule has 0 aromatic carbocycles. The minimum atomic E-state index is -2.96. The monoisotopic (exact) mass is 503 g/mol. The highest BCUT2D eigenvalue weighted by Gasteiger charge is 2.07.